The summed E-state index contributed by atoms with van der Waals surface area (Å²) in [7, 11) is 0. The fraction of sp³-hybridized carbons (Fsp3) is 1.00. The first kappa shape index (κ1) is 18.0. The maximum absolute atomic E-state index is 6.26. The molecule has 0 aromatic heterocycles. The second kappa shape index (κ2) is 9.04. The van der Waals surface area contributed by atoms with Gasteiger partial charge in [-0.15, -0.1) is 0 Å². The van der Waals surface area contributed by atoms with Crippen LogP contribution in [0, 0.1) is 11.3 Å². The normalized spacial score (nSPS) is 27.8. The van der Waals surface area contributed by atoms with E-state index in [4.69, 9.17) is 4.74 Å². The van der Waals surface area contributed by atoms with Gasteiger partial charge in [0.2, 0.25) is 0 Å². The predicted molar refractivity (Wildman–Crippen MR) is 88.1 cm³/mol. The number of unbranched alkanes of at least 4 members (excludes halogenated alkanes) is 2. The number of hydrogen-bond donors (Lipinski definition) is 1. The van der Waals surface area contributed by atoms with Crippen LogP contribution in [0.3, 0.4) is 0 Å². The van der Waals surface area contributed by atoms with Gasteiger partial charge in [-0.1, -0.05) is 47.5 Å². The minimum Gasteiger partial charge on any atom is -0.377 e. The monoisotopic (exact) mass is 283 g/mol. The molecule has 2 heteroatoms. The summed E-state index contributed by atoms with van der Waals surface area (Å²) < 4.78 is 6.26. The lowest BCUT2D eigenvalue weighted by molar-refractivity contribution is -0.0288. The van der Waals surface area contributed by atoms with E-state index in [9.17, 15) is 0 Å². The Morgan fingerprint density at radius 3 is 2.40 bits per heavy atom. The van der Waals surface area contributed by atoms with Gasteiger partial charge in [-0.2, -0.15) is 0 Å². The largest absolute Gasteiger partial charge is 0.377 e. The topological polar surface area (TPSA) is 21.3 Å². The molecule has 0 aromatic rings. The van der Waals surface area contributed by atoms with E-state index in [2.05, 4.69) is 39.9 Å². The standard InChI is InChI=1S/C18H37NO/c1-6-8-9-13-20-17-14-15(18(3,4)5)10-11-16(17)19-12-7-2/h15-17,19H,6-14H2,1-5H3. The van der Waals surface area contributed by atoms with Crippen molar-refractivity contribution >= 4 is 0 Å². The highest BCUT2D eigenvalue weighted by molar-refractivity contribution is 4.89. The average Bonchev–Trinajstić information content (AvgIpc) is 2.41. The van der Waals surface area contributed by atoms with Crippen LogP contribution in [0.1, 0.15) is 79.6 Å². The van der Waals surface area contributed by atoms with Gasteiger partial charge in [0.1, 0.15) is 0 Å². The van der Waals surface area contributed by atoms with E-state index < -0.39 is 0 Å². The zero-order valence-corrected chi connectivity index (χ0v) is 14.5. The zero-order chi connectivity index (χ0) is 15.0. The van der Waals surface area contributed by atoms with Crippen molar-refractivity contribution in [2.75, 3.05) is 13.2 Å². The molecule has 3 unspecified atom stereocenters. The van der Waals surface area contributed by atoms with Gasteiger partial charge < -0.3 is 10.1 Å². The molecular weight excluding hydrogens is 246 g/mol. The molecule has 0 saturated heterocycles. The number of hydrogen-bond acceptors (Lipinski definition) is 2. The predicted octanol–water partition coefficient (Wildman–Crippen LogP) is 4.78. The van der Waals surface area contributed by atoms with Crippen LogP contribution in [0.2, 0.25) is 0 Å². The Morgan fingerprint density at radius 1 is 1.05 bits per heavy atom. The summed E-state index contributed by atoms with van der Waals surface area (Å²) in [5.41, 5.74) is 0.417. The van der Waals surface area contributed by atoms with Crippen molar-refractivity contribution in [3.63, 3.8) is 0 Å². The van der Waals surface area contributed by atoms with E-state index in [1.165, 1.54) is 44.9 Å². The fourth-order valence-electron chi connectivity index (χ4n) is 3.25. The van der Waals surface area contributed by atoms with Crippen LogP contribution in [-0.4, -0.2) is 25.3 Å². The molecule has 0 aliphatic heterocycles. The van der Waals surface area contributed by atoms with E-state index in [-0.39, 0.29) is 0 Å². The molecule has 0 amide bonds. The Bertz CT molecular complexity index is 246. The molecule has 3 atom stereocenters. The summed E-state index contributed by atoms with van der Waals surface area (Å²) in [5, 5.41) is 3.71. The van der Waals surface area contributed by atoms with E-state index >= 15 is 0 Å². The summed E-state index contributed by atoms with van der Waals surface area (Å²) in [6.07, 6.45) is 9.28. The van der Waals surface area contributed by atoms with Crippen molar-refractivity contribution in [1.29, 1.82) is 0 Å². The summed E-state index contributed by atoms with van der Waals surface area (Å²) in [5.74, 6) is 0.804. The molecule has 1 aliphatic carbocycles. The quantitative estimate of drug-likeness (QED) is 0.647. The second-order valence-corrected chi connectivity index (χ2v) is 7.55. The average molecular weight is 284 g/mol. The van der Waals surface area contributed by atoms with Crippen LogP contribution < -0.4 is 5.32 Å². The van der Waals surface area contributed by atoms with Crippen LogP contribution in [0.4, 0.5) is 0 Å². The minimum absolute atomic E-state index is 0.417. The van der Waals surface area contributed by atoms with Crippen molar-refractivity contribution in [2.24, 2.45) is 11.3 Å². The SMILES string of the molecule is CCCCCOC1CC(C(C)(C)C)CCC1NCCC. The highest BCUT2D eigenvalue weighted by atomic mass is 16.5. The smallest absolute Gasteiger partial charge is 0.0730 e. The van der Waals surface area contributed by atoms with Gasteiger partial charge in [-0.05, 0) is 50.0 Å². The van der Waals surface area contributed by atoms with Gasteiger partial charge in [0, 0.05) is 12.6 Å². The maximum atomic E-state index is 6.26. The van der Waals surface area contributed by atoms with E-state index in [1.807, 2.05) is 0 Å². The van der Waals surface area contributed by atoms with E-state index in [1.54, 1.807) is 0 Å². The lowest BCUT2D eigenvalue weighted by Gasteiger charge is -2.42. The third-order valence-electron chi connectivity index (χ3n) is 4.75. The van der Waals surface area contributed by atoms with Gasteiger partial charge in [0.15, 0.2) is 0 Å². The fourth-order valence-corrected chi connectivity index (χ4v) is 3.25. The number of nitrogens with one attached hydrogen (secondary N) is 1. The molecule has 0 radical (unpaired) electrons. The number of ether oxygens (including phenoxy) is 1. The third-order valence-corrected chi connectivity index (χ3v) is 4.75. The summed E-state index contributed by atoms with van der Waals surface area (Å²) >= 11 is 0. The minimum atomic E-state index is 0.417. The van der Waals surface area contributed by atoms with Crippen LogP contribution in [-0.2, 0) is 4.74 Å². The van der Waals surface area contributed by atoms with Gasteiger partial charge >= 0.3 is 0 Å². The Kier molecular flexibility index (Phi) is 8.13. The maximum Gasteiger partial charge on any atom is 0.0730 e. The van der Waals surface area contributed by atoms with Crippen LogP contribution in [0.5, 0.6) is 0 Å². The van der Waals surface area contributed by atoms with Crippen molar-refractivity contribution in [3.05, 3.63) is 0 Å². The summed E-state index contributed by atoms with van der Waals surface area (Å²) in [6, 6.07) is 0.579. The van der Waals surface area contributed by atoms with Gasteiger partial charge in [0.05, 0.1) is 6.10 Å². The van der Waals surface area contributed by atoms with E-state index in [0.717, 1.165) is 19.1 Å². The van der Waals surface area contributed by atoms with Crippen molar-refractivity contribution in [2.45, 2.75) is 91.7 Å². The number of rotatable bonds is 8. The molecule has 120 valence electrons. The van der Waals surface area contributed by atoms with Crippen molar-refractivity contribution in [3.8, 4) is 0 Å². The zero-order valence-electron chi connectivity index (χ0n) is 14.5. The summed E-state index contributed by atoms with van der Waals surface area (Å²) in [6.45, 7) is 13.7. The first-order valence-corrected chi connectivity index (χ1v) is 8.84. The molecule has 1 aliphatic rings. The second-order valence-electron chi connectivity index (χ2n) is 7.55. The molecular formula is C18H37NO. The molecule has 0 heterocycles. The first-order valence-electron chi connectivity index (χ1n) is 8.84. The lowest BCUT2D eigenvalue weighted by Crippen LogP contribution is -2.47. The molecule has 1 N–H and O–H groups in total. The van der Waals surface area contributed by atoms with Crippen molar-refractivity contribution in [1.82, 2.24) is 5.32 Å². The van der Waals surface area contributed by atoms with Gasteiger partial charge in [-0.25, -0.2) is 0 Å². The van der Waals surface area contributed by atoms with Crippen molar-refractivity contribution < 1.29 is 4.74 Å². The highest BCUT2D eigenvalue weighted by Crippen LogP contribution is 2.38. The van der Waals surface area contributed by atoms with Gasteiger partial charge in [0.25, 0.3) is 0 Å². The van der Waals surface area contributed by atoms with E-state index in [0.29, 0.717) is 17.6 Å². The Balaban J connectivity index is 2.49. The Labute approximate surface area is 127 Å². The molecule has 1 fully saturated rings. The molecule has 1 rings (SSSR count). The third kappa shape index (κ3) is 6.13. The highest BCUT2D eigenvalue weighted by Gasteiger charge is 2.36. The summed E-state index contributed by atoms with van der Waals surface area (Å²) in [4.78, 5) is 0. The molecule has 0 spiro atoms. The first-order chi connectivity index (χ1) is 9.49. The van der Waals surface area contributed by atoms with Crippen LogP contribution in [0.25, 0.3) is 0 Å². The Hall–Kier alpha value is -0.0800. The molecule has 0 bridgehead atoms. The molecule has 2 nitrogen and oxygen atoms in total. The van der Waals surface area contributed by atoms with Crippen LogP contribution >= 0.6 is 0 Å². The molecule has 0 aromatic carbocycles. The molecule has 20 heavy (non-hydrogen) atoms. The van der Waals surface area contributed by atoms with Gasteiger partial charge in [-0.3, -0.25) is 0 Å². The molecule has 1 saturated carbocycles. The Morgan fingerprint density at radius 2 is 1.80 bits per heavy atom. The lowest BCUT2D eigenvalue weighted by atomic mass is 9.70. The van der Waals surface area contributed by atoms with Crippen LogP contribution in [0.15, 0.2) is 0 Å².